The molecule has 12 heteroatoms. The predicted molar refractivity (Wildman–Crippen MR) is 113 cm³/mol. The number of hydrogen-bond donors (Lipinski definition) is 5. The Labute approximate surface area is 172 Å². The van der Waals surface area contributed by atoms with Crippen LogP contribution < -0.4 is 26.9 Å². The monoisotopic (exact) mass is 428 g/mol. The summed E-state index contributed by atoms with van der Waals surface area (Å²) >= 11 is 0. The molecule has 0 unspecified atom stereocenters. The van der Waals surface area contributed by atoms with E-state index < -0.39 is 15.6 Å². The number of nitrogens with one attached hydrogen (secondary N) is 4. The van der Waals surface area contributed by atoms with Gasteiger partial charge in [-0.2, -0.15) is 9.82 Å². The second-order valence-electron chi connectivity index (χ2n) is 6.03. The van der Waals surface area contributed by atoms with Crippen molar-refractivity contribution in [2.24, 2.45) is 5.84 Å². The Balaban J connectivity index is 2.36. The van der Waals surface area contributed by atoms with Gasteiger partial charge in [-0.1, -0.05) is 0 Å². The van der Waals surface area contributed by atoms with Gasteiger partial charge in [0.25, 0.3) is 15.6 Å². The van der Waals surface area contributed by atoms with Gasteiger partial charge in [0.05, 0.1) is 4.90 Å². The summed E-state index contributed by atoms with van der Waals surface area (Å²) in [5, 5.41) is 13.7. The van der Waals surface area contributed by atoms with E-state index in [2.05, 4.69) is 20.6 Å². The molecule has 0 atom stereocenters. The first-order valence-electron chi connectivity index (χ1n) is 8.68. The van der Waals surface area contributed by atoms with E-state index in [1.54, 1.807) is 53.1 Å². The topological polar surface area (TPSA) is 168 Å². The minimum atomic E-state index is -3.82. The zero-order chi connectivity index (χ0) is 21.9. The van der Waals surface area contributed by atoms with Gasteiger partial charge in [0, 0.05) is 37.7 Å². The van der Waals surface area contributed by atoms with Crippen molar-refractivity contribution >= 4 is 21.7 Å². The fourth-order valence-corrected chi connectivity index (χ4v) is 3.53. The van der Waals surface area contributed by atoms with Crippen molar-refractivity contribution in [1.82, 2.24) is 24.7 Å². The van der Waals surface area contributed by atoms with Crippen LogP contribution in [0.3, 0.4) is 0 Å². The molecule has 11 nitrogen and oxygen atoms in total. The molecule has 0 saturated carbocycles. The molecule has 0 saturated heterocycles. The average Bonchev–Trinajstić information content (AvgIpc) is 2.78. The second kappa shape index (κ2) is 8.41. The maximum Gasteiger partial charge on any atom is 0.286 e. The van der Waals surface area contributed by atoms with Crippen molar-refractivity contribution in [3.05, 3.63) is 64.7 Å². The molecule has 0 aliphatic carbocycles. The van der Waals surface area contributed by atoms with Gasteiger partial charge in [0.2, 0.25) is 0 Å². The standard InChI is InChI=1S/C18H20N8O3S/c1-21-15(19)14-17(22-2)26(12-3-5-13(6-4-12)30(28,29)25-20)16(24-18(14)27)11-7-9-23-10-8-11/h3-10,22,25H,20H2,1-2H3,(H2,19,21). The van der Waals surface area contributed by atoms with Gasteiger partial charge in [-0.25, -0.2) is 8.42 Å². The van der Waals surface area contributed by atoms with Crippen molar-refractivity contribution < 1.29 is 8.42 Å². The van der Waals surface area contributed by atoms with E-state index in [4.69, 9.17) is 11.3 Å². The third-order valence-corrected chi connectivity index (χ3v) is 5.53. The number of rotatable bonds is 6. The molecular weight excluding hydrogens is 408 g/mol. The number of hydrogen-bond acceptors (Lipinski definition) is 8. The number of aromatic nitrogens is 3. The number of amidine groups is 1. The summed E-state index contributed by atoms with van der Waals surface area (Å²) in [6, 6.07) is 9.24. The summed E-state index contributed by atoms with van der Waals surface area (Å²) in [5.74, 6) is 5.58. The fourth-order valence-electron chi connectivity index (χ4n) is 2.90. The third-order valence-electron chi connectivity index (χ3n) is 4.33. The fraction of sp³-hybridized carbons (Fsp3) is 0.111. The van der Waals surface area contributed by atoms with Crippen molar-refractivity contribution in [2.75, 3.05) is 19.4 Å². The summed E-state index contributed by atoms with van der Waals surface area (Å²) in [6.07, 6.45) is 3.13. The molecule has 2 aromatic heterocycles. The van der Waals surface area contributed by atoms with Crippen LogP contribution in [0.25, 0.3) is 17.1 Å². The summed E-state index contributed by atoms with van der Waals surface area (Å²) in [5.41, 5.74) is 0.577. The minimum absolute atomic E-state index is 0.0255. The summed E-state index contributed by atoms with van der Waals surface area (Å²) in [6.45, 7) is 0. The molecule has 1 aromatic carbocycles. The SMILES string of the molecule is CNC(=N)c1c(NC)n(-c2ccc(S(=O)(=O)NN)cc2)c(-c2ccncc2)nc1=O. The molecule has 3 aromatic rings. The normalized spacial score (nSPS) is 11.2. The lowest BCUT2D eigenvalue weighted by Crippen LogP contribution is -2.31. The smallest absolute Gasteiger partial charge is 0.286 e. The number of hydrazine groups is 1. The molecule has 156 valence electrons. The Morgan fingerprint density at radius 3 is 2.27 bits per heavy atom. The summed E-state index contributed by atoms with van der Waals surface area (Å²) in [4.78, 5) is 22.7. The lowest BCUT2D eigenvalue weighted by Gasteiger charge is -2.21. The van der Waals surface area contributed by atoms with E-state index in [0.29, 0.717) is 22.9 Å². The Kier molecular flexibility index (Phi) is 5.91. The lowest BCUT2D eigenvalue weighted by molar-refractivity contribution is 0.584. The van der Waals surface area contributed by atoms with Gasteiger partial charge in [-0.3, -0.25) is 25.6 Å². The van der Waals surface area contributed by atoms with Gasteiger partial charge in [-0.15, -0.1) is 0 Å². The molecule has 30 heavy (non-hydrogen) atoms. The van der Waals surface area contributed by atoms with Gasteiger partial charge >= 0.3 is 0 Å². The van der Waals surface area contributed by atoms with Crippen LogP contribution >= 0.6 is 0 Å². The third kappa shape index (κ3) is 3.78. The first-order chi connectivity index (χ1) is 14.3. The maximum absolute atomic E-state index is 12.7. The van der Waals surface area contributed by atoms with E-state index in [0.717, 1.165) is 0 Å². The summed E-state index contributed by atoms with van der Waals surface area (Å²) < 4.78 is 25.5. The van der Waals surface area contributed by atoms with Crippen LogP contribution in [0.5, 0.6) is 0 Å². The van der Waals surface area contributed by atoms with Crippen LogP contribution in [0, 0.1) is 5.41 Å². The first kappa shape index (κ1) is 21.1. The average molecular weight is 428 g/mol. The van der Waals surface area contributed by atoms with E-state index in [-0.39, 0.29) is 16.3 Å². The number of benzene rings is 1. The Morgan fingerprint density at radius 1 is 1.10 bits per heavy atom. The zero-order valence-electron chi connectivity index (χ0n) is 16.2. The minimum Gasteiger partial charge on any atom is -0.373 e. The predicted octanol–water partition coefficient (Wildman–Crippen LogP) is 0.0330. The van der Waals surface area contributed by atoms with E-state index >= 15 is 0 Å². The Bertz CT molecular complexity index is 1240. The molecular formula is C18H20N8O3S. The van der Waals surface area contributed by atoms with Gasteiger partial charge in [0.1, 0.15) is 23.0 Å². The van der Waals surface area contributed by atoms with Gasteiger partial charge in [-0.05, 0) is 36.4 Å². The quantitative estimate of drug-likeness (QED) is 0.159. The molecule has 2 heterocycles. The van der Waals surface area contributed by atoms with E-state index in [1.807, 2.05) is 0 Å². The van der Waals surface area contributed by atoms with E-state index in [1.165, 1.54) is 19.2 Å². The molecule has 0 bridgehead atoms. The lowest BCUT2D eigenvalue weighted by atomic mass is 10.2. The van der Waals surface area contributed by atoms with Crippen LogP contribution in [0.15, 0.2) is 58.5 Å². The van der Waals surface area contributed by atoms with Crippen molar-refractivity contribution in [3.63, 3.8) is 0 Å². The van der Waals surface area contributed by atoms with Crippen LogP contribution in [0.2, 0.25) is 0 Å². The summed E-state index contributed by atoms with van der Waals surface area (Å²) in [7, 11) is -0.677. The molecule has 0 spiro atoms. The number of sulfonamides is 1. The highest BCUT2D eigenvalue weighted by Gasteiger charge is 2.22. The molecule has 0 aliphatic rings. The van der Waals surface area contributed by atoms with E-state index in [9.17, 15) is 13.2 Å². The maximum atomic E-state index is 12.7. The highest BCUT2D eigenvalue weighted by molar-refractivity contribution is 7.89. The van der Waals surface area contributed by atoms with Crippen molar-refractivity contribution in [2.45, 2.75) is 4.90 Å². The molecule has 0 radical (unpaired) electrons. The number of anilines is 1. The van der Waals surface area contributed by atoms with Crippen LogP contribution in [0.4, 0.5) is 5.82 Å². The highest BCUT2D eigenvalue weighted by atomic mass is 32.2. The van der Waals surface area contributed by atoms with Crippen LogP contribution in [0.1, 0.15) is 5.56 Å². The van der Waals surface area contributed by atoms with Gasteiger partial charge in [0.15, 0.2) is 0 Å². The number of nitrogens with zero attached hydrogens (tertiary/aromatic N) is 3. The Hall–Kier alpha value is -3.61. The second-order valence-corrected chi connectivity index (χ2v) is 7.74. The largest absolute Gasteiger partial charge is 0.373 e. The van der Waals surface area contributed by atoms with Gasteiger partial charge < -0.3 is 10.6 Å². The Morgan fingerprint density at radius 2 is 1.73 bits per heavy atom. The molecule has 3 rings (SSSR count). The molecule has 0 fully saturated rings. The zero-order valence-corrected chi connectivity index (χ0v) is 17.0. The van der Waals surface area contributed by atoms with Crippen LogP contribution in [-0.2, 0) is 10.0 Å². The van der Waals surface area contributed by atoms with Crippen molar-refractivity contribution in [1.29, 1.82) is 5.41 Å². The van der Waals surface area contributed by atoms with Crippen LogP contribution in [-0.4, -0.2) is 42.9 Å². The number of nitrogens with two attached hydrogens (primary N) is 1. The highest BCUT2D eigenvalue weighted by Crippen LogP contribution is 2.27. The molecule has 0 amide bonds. The number of pyridine rings is 1. The molecule has 0 aliphatic heterocycles. The first-order valence-corrected chi connectivity index (χ1v) is 10.2. The molecule has 6 N–H and O–H groups in total. The van der Waals surface area contributed by atoms with Crippen molar-refractivity contribution in [3.8, 4) is 17.1 Å².